The smallest absolute Gasteiger partial charge is 0.417 e. The van der Waals surface area contributed by atoms with Crippen molar-refractivity contribution in [3.05, 3.63) is 35.4 Å². The summed E-state index contributed by atoms with van der Waals surface area (Å²) in [4.78, 5) is 26.0. The molecule has 0 saturated carbocycles. The molecule has 1 aromatic carbocycles. The van der Waals surface area contributed by atoms with Gasteiger partial charge in [-0.1, -0.05) is 18.6 Å². The summed E-state index contributed by atoms with van der Waals surface area (Å²) in [5, 5.41) is 0. The van der Waals surface area contributed by atoms with E-state index in [9.17, 15) is 9.59 Å². The Balaban J connectivity index is 0.000000456. The highest BCUT2D eigenvalue weighted by Gasteiger charge is 2.41. The largest absolute Gasteiger partial charge is 0.500 e. The SMILES string of the molecule is C1CC[Si]OC1.CCO[Si](CCCN1C(=O)c2ccccc2C1=O)(OCC)OCC. The number of amides is 2. The summed E-state index contributed by atoms with van der Waals surface area (Å²) in [6.07, 6.45) is 3.27. The predicted molar refractivity (Wildman–Crippen MR) is 118 cm³/mol. The van der Waals surface area contributed by atoms with Crippen LogP contribution in [0.1, 0.15) is 60.7 Å². The number of benzene rings is 1. The first-order chi connectivity index (χ1) is 14.6. The van der Waals surface area contributed by atoms with E-state index in [0.717, 1.165) is 16.4 Å². The Labute approximate surface area is 183 Å². The minimum absolute atomic E-state index is 0.230. The van der Waals surface area contributed by atoms with Gasteiger partial charge in [0.05, 0.1) is 11.1 Å². The van der Waals surface area contributed by atoms with Gasteiger partial charge >= 0.3 is 8.80 Å². The van der Waals surface area contributed by atoms with E-state index in [0.29, 0.717) is 50.0 Å². The second-order valence-corrected chi connectivity index (χ2v) is 10.7. The van der Waals surface area contributed by atoms with Gasteiger partial charge in [0.15, 0.2) is 0 Å². The van der Waals surface area contributed by atoms with Gasteiger partial charge in [-0.3, -0.25) is 14.5 Å². The third-order valence-electron chi connectivity index (χ3n) is 4.71. The van der Waals surface area contributed by atoms with Gasteiger partial charge < -0.3 is 17.7 Å². The van der Waals surface area contributed by atoms with Crippen molar-refractivity contribution in [1.29, 1.82) is 0 Å². The molecule has 0 N–H and O–H groups in total. The summed E-state index contributed by atoms with van der Waals surface area (Å²) in [5.74, 6) is -0.459. The van der Waals surface area contributed by atoms with E-state index in [-0.39, 0.29) is 11.8 Å². The Morgan fingerprint density at radius 2 is 1.53 bits per heavy atom. The number of imide groups is 1. The molecule has 1 fully saturated rings. The van der Waals surface area contributed by atoms with Gasteiger partial charge in [0, 0.05) is 39.0 Å². The molecule has 0 atom stereocenters. The Kier molecular flexibility index (Phi) is 10.9. The lowest BCUT2D eigenvalue weighted by Crippen LogP contribution is -2.46. The molecule has 2 aliphatic heterocycles. The van der Waals surface area contributed by atoms with Gasteiger partial charge in [-0.25, -0.2) is 0 Å². The zero-order valence-electron chi connectivity index (χ0n) is 18.3. The maximum Gasteiger partial charge on any atom is 0.500 e. The van der Waals surface area contributed by atoms with Crippen molar-refractivity contribution in [1.82, 2.24) is 4.90 Å². The predicted octanol–water partition coefficient (Wildman–Crippen LogP) is 3.56. The molecule has 30 heavy (non-hydrogen) atoms. The second kappa shape index (κ2) is 13.1. The summed E-state index contributed by atoms with van der Waals surface area (Å²) in [6.45, 7) is 8.61. The summed E-state index contributed by atoms with van der Waals surface area (Å²) >= 11 is 0. The molecule has 2 aliphatic rings. The highest BCUT2D eigenvalue weighted by atomic mass is 28.4. The van der Waals surface area contributed by atoms with E-state index in [1.807, 2.05) is 20.8 Å². The van der Waals surface area contributed by atoms with E-state index in [1.165, 1.54) is 23.8 Å². The topological polar surface area (TPSA) is 74.3 Å². The molecule has 0 spiro atoms. The fraction of sp³-hybridized carbons (Fsp3) is 0.619. The van der Waals surface area contributed by atoms with Crippen molar-refractivity contribution in [2.24, 2.45) is 0 Å². The number of fused-ring (bicyclic) bond motifs is 1. The Hall–Kier alpha value is -1.37. The minimum atomic E-state index is -2.74. The molecule has 0 aliphatic carbocycles. The van der Waals surface area contributed by atoms with Gasteiger partial charge in [0.25, 0.3) is 11.8 Å². The highest BCUT2D eigenvalue weighted by Crippen LogP contribution is 2.24. The molecular formula is C21H33NO6Si2. The quantitative estimate of drug-likeness (QED) is 0.400. The van der Waals surface area contributed by atoms with Crippen molar-refractivity contribution in [3.8, 4) is 0 Å². The number of hydrogen-bond acceptors (Lipinski definition) is 6. The molecule has 1 aromatic rings. The summed E-state index contributed by atoms with van der Waals surface area (Å²) in [5.41, 5.74) is 0.955. The van der Waals surface area contributed by atoms with Gasteiger partial charge in [-0.15, -0.1) is 0 Å². The zero-order chi connectivity index (χ0) is 21.8. The van der Waals surface area contributed by atoms with Crippen LogP contribution in [0.15, 0.2) is 24.3 Å². The Bertz CT molecular complexity index is 620. The van der Waals surface area contributed by atoms with E-state index >= 15 is 0 Å². The normalized spacial score (nSPS) is 16.3. The van der Waals surface area contributed by atoms with Crippen LogP contribution in [-0.2, 0) is 17.7 Å². The first-order valence-corrected chi connectivity index (χ1v) is 13.8. The number of nitrogens with zero attached hydrogens (tertiary/aromatic N) is 1. The third-order valence-corrected chi connectivity index (χ3v) is 8.83. The molecule has 0 bridgehead atoms. The van der Waals surface area contributed by atoms with E-state index in [2.05, 4.69) is 0 Å². The highest BCUT2D eigenvalue weighted by molar-refractivity contribution is 6.60. The summed E-state index contributed by atoms with van der Waals surface area (Å²) in [7, 11) is -1.94. The van der Waals surface area contributed by atoms with Gasteiger partial charge in [0.1, 0.15) is 0 Å². The zero-order valence-corrected chi connectivity index (χ0v) is 20.3. The van der Waals surface area contributed by atoms with Crippen molar-refractivity contribution in [2.75, 3.05) is 33.0 Å². The second-order valence-electron chi connectivity index (χ2n) is 6.84. The molecule has 2 radical (unpaired) electrons. The van der Waals surface area contributed by atoms with Crippen LogP contribution < -0.4 is 0 Å². The monoisotopic (exact) mass is 451 g/mol. The number of carbonyl (C=O) groups excluding carboxylic acids is 2. The summed E-state index contributed by atoms with van der Waals surface area (Å²) < 4.78 is 22.5. The van der Waals surface area contributed by atoms with Crippen LogP contribution in [0.25, 0.3) is 0 Å². The molecule has 9 heteroatoms. The molecule has 166 valence electrons. The van der Waals surface area contributed by atoms with Crippen LogP contribution >= 0.6 is 0 Å². The van der Waals surface area contributed by atoms with Crippen LogP contribution in [0.4, 0.5) is 0 Å². The standard InChI is InChI=1S/C17H25NO5Si.C4H8OSi/c1-4-21-24(22-5-2,23-6-3)13-9-12-18-16(19)14-10-7-8-11-15(14)17(18)20;1-2-4-6-5-3-1/h7-8,10-11H,4-6,9,12-13H2,1-3H3;1-4H2. The molecular weight excluding hydrogens is 418 g/mol. The van der Waals surface area contributed by atoms with E-state index in [1.54, 1.807) is 24.3 Å². The van der Waals surface area contributed by atoms with Crippen LogP contribution in [0.5, 0.6) is 0 Å². The molecule has 2 heterocycles. The molecule has 3 rings (SSSR count). The van der Waals surface area contributed by atoms with Crippen molar-refractivity contribution < 1.29 is 27.3 Å². The first kappa shape index (κ1) is 24.9. The average Bonchev–Trinajstić information content (AvgIpc) is 3.01. The lowest BCUT2D eigenvalue weighted by Gasteiger charge is -2.28. The molecule has 0 aromatic heterocycles. The number of rotatable bonds is 10. The van der Waals surface area contributed by atoms with Gasteiger partial charge in [-0.2, -0.15) is 0 Å². The lowest BCUT2D eigenvalue weighted by atomic mass is 10.1. The summed E-state index contributed by atoms with van der Waals surface area (Å²) in [6, 6.07) is 8.80. The molecule has 0 unspecified atom stereocenters. The van der Waals surface area contributed by atoms with Crippen LogP contribution in [0, 0.1) is 0 Å². The van der Waals surface area contributed by atoms with Crippen LogP contribution in [-0.4, -0.2) is 68.3 Å². The van der Waals surface area contributed by atoms with Gasteiger partial charge in [-0.05, 0) is 51.8 Å². The average molecular weight is 452 g/mol. The van der Waals surface area contributed by atoms with E-state index in [4.69, 9.17) is 17.7 Å². The number of carbonyl (C=O) groups is 2. The lowest BCUT2D eigenvalue weighted by molar-refractivity contribution is 0.0612. The van der Waals surface area contributed by atoms with Crippen LogP contribution in [0.3, 0.4) is 0 Å². The minimum Gasteiger partial charge on any atom is -0.417 e. The first-order valence-electron chi connectivity index (χ1n) is 10.8. The molecule has 1 saturated heterocycles. The van der Waals surface area contributed by atoms with Crippen molar-refractivity contribution >= 4 is 30.4 Å². The number of hydrogen-bond donors (Lipinski definition) is 0. The molecule has 7 nitrogen and oxygen atoms in total. The third kappa shape index (κ3) is 6.83. The van der Waals surface area contributed by atoms with Crippen molar-refractivity contribution in [2.45, 2.75) is 52.1 Å². The maximum atomic E-state index is 12.4. The maximum absolute atomic E-state index is 12.4. The Morgan fingerprint density at radius 1 is 0.967 bits per heavy atom. The Morgan fingerprint density at radius 3 is 1.90 bits per heavy atom. The van der Waals surface area contributed by atoms with Crippen molar-refractivity contribution in [3.63, 3.8) is 0 Å². The fourth-order valence-corrected chi connectivity index (χ4v) is 6.83. The fourth-order valence-electron chi connectivity index (χ4n) is 3.41. The van der Waals surface area contributed by atoms with Crippen LogP contribution in [0.2, 0.25) is 12.1 Å². The van der Waals surface area contributed by atoms with E-state index < -0.39 is 8.80 Å². The van der Waals surface area contributed by atoms with Gasteiger partial charge in [0.2, 0.25) is 9.76 Å². The molecule has 2 amide bonds.